The Morgan fingerprint density at radius 1 is 0.467 bits per heavy atom. The van der Waals surface area contributed by atoms with Crippen molar-refractivity contribution in [3.05, 3.63) is 202 Å². The van der Waals surface area contributed by atoms with Gasteiger partial charge in [0.05, 0.1) is 61.3 Å². The summed E-state index contributed by atoms with van der Waals surface area (Å²) in [6.07, 6.45) is 4.71. The van der Waals surface area contributed by atoms with E-state index in [0.29, 0.717) is 23.6 Å². The number of esters is 4. The number of nitrogens with zero attached hydrogens (tertiary/aromatic N) is 2. The minimum Gasteiger partial charge on any atom is -0.466 e. The van der Waals surface area contributed by atoms with Crippen molar-refractivity contribution >= 4 is 68.6 Å². The Labute approximate surface area is 433 Å². The monoisotopic (exact) mass is 988 g/mol. The highest BCUT2D eigenvalue weighted by Crippen LogP contribution is 2.55. The summed E-state index contributed by atoms with van der Waals surface area (Å²) in [7, 11) is 0. The average Bonchev–Trinajstić information content (AvgIpc) is 3.78. The SMILES string of the molecule is CCOC(=O)CC1(CC(=O)OCC)c2cc3ccccc3cc2-c2nc3ccc(C4(C)C=c5cc6c(cc5=CC4)-c4nc5ccccc5cc4C6(CC(=O)Oc4ccccc4)CC(=O)Oc4ccccc4)cc3cc21. The van der Waals surface area contributed by atoms with Gasteiger partial charge in [0.1, 0.15) is 11.5 Å². The van der Waals surface area contributed by atoms with Gasteiger partial charge in [-0.1, -0.05) is 104 Å². The predicted molar refractivity (Wildman–Crippen MR) is 289 cm³/mol. The van der Waals surface area contributed by atoms with Crippen LogP contribution in [-0.2, 0) is 44.9 Å². The van der Waals surface area contributed by atoms with E-state index >= 15 is 0 Å². The summed E-state index contributed by atoms with van der Waals surface area (Å²) in [5.74, 6) is -1.02. The van der Waals surface area contributed by atoms with E-state index in [-0.39, 0.29) is 38.9 Å². The maximum Gasteiger partial charge on any atom is 0.312 e. The number of carbonyl (C=O) groups is 4. The van der Waals surface area contributed by atoms with Crippen molar-refractivity contribution in [2.45, 2.75) is 69.1 Å². The van der Waals surface area contributed by atoms with Gasteiger partial charge in [0.15, 0.2) is 0 Å². The lowest BCUT2D eigenvalue weighted by atomic mass is 9.71. The van der Waals surface area contributed by atoms with E-state index in [1.165, 1.54) is 0 Å². The zero-order valence-corrected chi connectivity index (χ0v) is 41.9. The van der Waals surface area contributed by atoms with Crippen LogP contribution in [0.25, 0.3) is 67.2 Å². The molecule has 0 bridgehead atoms. The Hall–Kier alpha value is -8.76. The molecule has 1 unspecified atom stereocenters. The van der Waals surface area contributed by atoms with Gasteiger partial charge in [-0.2, -0.15) is 0 Å². The average molecular weight is 989 g/mol. The van der Waals surface area contributed by atoms with Crippen molar-refractivity contribution in [2.75, 3.05) is 13.2 Å². The molecule has 3 aliphatic carbocycles. The molecule has 370 valence electrons. The summed E-state index contributed by atoms with van der Waals surface area (Å²) in [6.45, 7) is 6.17. The van der Waals surface area contributed by atoms with Crippen molar-refractivity contribution < 1.29 is 38.1 Å². The molecular formula is C65H52N2O8. The topological polar surface area (TPSA) is 131 Å². The summed E-state index contributed by atoms with van der Waals surface area (Å²) in [5.41, 5.74) is 6.03. The molecule has 3 aliphatic rings. The van der Waals surface area contributed by atoms with E-state index in [1.54, 1.807) is 38.1 Å². The highest BCUT2D eigenvalue weighted by atomic mass is 16.5. The van der Waals surface area contributed by atoms with Gasteiger partial charge >= 0.3 is 23.9 Å². The van der Waals surface area contributed by atoms with Crippen LogP contribution >= 0.6 is 0 Å². The highest BCUT2D eigenvalue weighted by molar-refractivity contribution is 5.98. The molecule has 12 rings (SSSR count). The second-order valence-corrected chi connectivity index (χ2v) is 20.2. The van der Waals surface area contributed by atoms with Crippen LogP contribution in [0.1, 0.15) is 80.7 Å². The summed E-state index contributed by atoms with van der Waals surface area (Å²) in [6, 6.07) is 52.9. The highest BCUT2D eigenvalue weighted by Gasteiger charge is 2.50. The first-order valence-corrected chi connectivity index (χ1v) is 25.6. The molecular weight excluding hydrogens is 937 g/mol. The third-order valence-corrected chi connectivity index (χ3v) is 15.4. The zero-order chi connectivity index (χ0) is 51.5. The second kappa shape index (κ2) is 18.6. The molecule has 10 heteroatoms. The number of pyridine rings is 2. The van der Waals surface area contributed by atoms with E-state index < -0.39 is 40.1 Å². The summed E-state index contributed by atoms with van der Waals surface area (Å²) < 4.78 is 23.3. The number of hydrogen-bond acceptors (Lipinski definition) is 10. The number of para-hydroxylation sites is 3. The third-order valence-electron chi connectivity index (χ3n) is 15.4. The zero-order valence-electron chi connectivity index (χ0n) is 41.9. The van der Waals surface area contributed by atoms with Crippen LogP contribution in [0.5, 0.6) is 11.5 Å². The van der Waals surface area contributed by atoms with E-state index in [1.807, 2.05) is 84.9 Å². The van der Waals surface area contributed by atoms with E-state index in [2.05, 4.69) is 73.7 Å². The molecule has 1 atom stereocenters. The molecule has 10 nitrogen and oxygen atoms in total. The van der Waals surface area contributed by atoms with Crippen LogP contribution in [0.2, 0.25) is 0 Å². The first-order chi connectivity index (χ1) is 36.5. The first-order valence-electron chi connectivity index (χ1n) is 25.6. The third kappa shape index (κ3) is 8.31. The molecule has 0 saturated heterocycles. The molecule has 0 N–H and O–H groups in total. The normalized spacial score (nSPS) is 16.1. The number of benzene rings is 7. The summed E-state index contributed by atoms with van der Waals surface area (Å²) in [5, 5.41) is 5.70. The van der Waals surface area contributed by atoms with Gasteiger partial charge in [0.2, 0.25) is 0 Å². The number of ether oxygens (including phenoxy) is 4. The summed E-state index contributed by atoms with van der Waals surface area (Å²) >= 11 is 0. The molecule has 9 aromatic rings. The van der Waals surface area contributed by atoms with Gasteiger partial charge in [0.25, 0.3) is 0 Å². The van der Waals surface area contributed by atoms with Crippen LogP contribution in [0.3, 0.4) is 0 Å². The first kappa shape index (κ1) is 47.3. The molecule has 7 aromatic carbocycles. The fourth-order valence-corrected chi connectivity index (χ4v) is 12.0. The number of rotatable bonds is 13. The van der Waals surface area contributed by atoms with Crippen molar-refractivity contribution in [1.29, 1.82) is 0 Å². The molecule has 2 heterocycles. The van der Waals surface area contributed by atoms with Gasteiger partial charge in [-0.25, -0.2) is 9.97 Å². The Balaban J connectivity index is 1.01. The van der Waals surface area contributed by atoms with Crippen LogP contribution in [0, 0.1) is 0 Å². The van der Waals surface area contributed by atoms with Crippen molar-refractivity contribution in [2.24, 2.45) is 0 Å². The number of aromatic nitrogens is 2. The molecule has 0 aliphatic heterocycles. The largest absolute Gasteiger partial charge is 0.466 e. The fraction of sp³-hybridized carbons (Fsp3) is 0.200. The smallest absolute Gasteiger partial charge is 0.312 e. The van der Waals surface area contributed by atoms with Gasteiger partial charge in [-0.15, -0.1) is 0 Å². The molecule has 75 heavy (non-hydrogen) atoms. The number of carbonyl (C=O) groups excluding carboxylic acids is 4. The van der Waals surface area contributed by atoms with E-state index in [9.17, 15) is 19.2 Å². The molecule has 0 fully saturated rings. The fourth-order valence-electron chi connectivity index (χ4n) is 12.0. The van der Waals surface area contributed by atoms with Crippen LogP contribution in [-0.4, -0.2) is 47.1 Å². The van der Waals surface area contributed by atoms with Crippen molar-refractivity contribution in [3.63, 3.8) is 0 Å². The van der Waals surface area contributed by atoms with E-state index in [0.717, 1.165) is 87.7 Å². The minimum absolute atomic E-state index is 0.0721. The van der Waals surface area contributed by atoms with Gasteiger partial charge < -0.3 is 18.9 Å². The molecule has 0 radical (unpaired) electrons. The predicted octanol–water partition coefficient (Wildman–Crippen LogP) is 11.3. The Morgan fingerprint density at radius 3 is 1.55 bits per heavy atom. The van der Waals surface area contributed by atoms with Gasteiger partial charge in [-0.3, -0.25) is 19.2 Å². The minimum atomic E-state index is -1.23. The van der Waals surface area contributed by atoms with Crippen LogP contribution in [0.4, 0.5) is 0 Å². The lowest BCUT2D eigenvalue weighted by Crippen LogP contribution is -2.39. The van der Waals surface area contributed by atoms with Gasteiger partial charge in [0, 0.05) is 38.1 Å². The molecule has 0 saturated carbocycles. The number of fused-ring (bicyclic) bond motifs is 10. The Bertz CT molecular complexity index is 3890. The van der Waals surface area contributed by atoms with Gasteiger partial charge in [-0.05, 0) is 148 Å². The van der Waals surface area contributed by atoms with Crippen LogP contribution < -0.4 is 19.9 Å². The van der Waals surface area contributed by atoms with E-state index in [4.69, 9.17) is 28.9 Å². The molecule has 2 aromatic heterocycles. The lowest BCUT2D eigenvalue weighted by Gasteiger charge is -2.31. The lowest BCUT2D eigenvalue weighted by molar-refractivity contribution is -0.147. The standard InChI is InChI=1S/C65H52N2O8/c1-4-72-57(68)36-64(37-58(69)73-5-2)51-31-41-17-13-12-16-40(41)29-49(51)62-54(64)33-44-28-46(24-25-56(44)67-62)63(3)27-26-42-30-50-52(34-45(42)35-63)65(38-59(70)74-47-19-8-6-9-20-47,39-60(71)75-48-21-10-7-11-22-48)53-32-43-18-14-15-23-55(43)66-61(50)53/h6-26,28-35H,4-5,27,36-39H2,1-3H3. The molecule has 0 spiro atoms. The van der Waals surface area contributed by atoms with Crippen molar-refractivity contribution in [3.8, 4) is 34.0 Å². The Kier molecular flexibility index (Phi) is 11.7. The maximum absolute atomic E-state index is 14.4. The summed E-state index contributed by atoms with van der Waals surface area (Å²) in [4.78, 5) is 66.9. The van der Waals surface area contributed by atoms with Crippen LogP contribution in [0.15, 0.2) is 164 Å². The number of hydrogen-bond donors (Lipinski definition) is 0. The molecule has 0 amide bonds. The second-order valence-electron chi connectivity index (χ2n) is 20.2. The quantitative estimate of drug-likeness (QED) is 0.0812. The Morgan fingerprint density at radius 2 is 0.947 bits per heavy atom. The van der Waals surface area contributed by atoms with Crippen molar-refractivity contribution in [1.82, 2.24) is 9.97 Å². The maximum atomic E-state index is 14.4.